The third kappa shape index (κ3) is 3.01. The monoisotopic (exact) mass is 262 g/mol. The largest absolute Gasteiger partial charge is 0.496 e. The van der Waals surface area contributed by atoms with E-state index in [1.54, 1.807) is 18.5 Å². The quantitative estimate of drug-likeness (QED) is 0.637. The van der Waals surface area contributed by atoms with Gasteiger partial charge in [-0.15, -0.1) is 0 Å². The fourth-order valence-electron chi connectivity index (χ4n) is 1.72. The van der Waals surface area contributed by atoms with Gasteiger partial charge in [-0.2, -0.15) is 5.10 Å². The molecule has 0 bridgehead atoms. The molecule has 0 radical (unpaired) electrons. The summed E-state index contributed by atoms with van der Waals surface area (Å²) in [6.45, 7) is 1.94. The van der Waals surface area contributed by atoms with Crippen LogP contribution in [0.3, 0.4) is 0 Å². The van der Waals surface area contributed by atoms with Crippen molar-refractivity contribution in [3.05, 3.63) is 46.3 Å². The number of aromatic amines is 1. The summed E-state index contributed by atoms with van der Waals surface area (Å²) in [7, 11) is 1.47. The number of nitrogens with zero attached hydrogens (tertiary/aromatic N) is 2. The fraction of sp³-hybridized carbons (Fsp3) is 0.250. The Balaban J connectivity index is 2.24. The lowest BCUT2D eigenvalue weighted by Gasteiger charge is -2.14. The van der Waals surface area contributed by atoms with Crippen LogP contribution < -0.4 is 10.1 Å². The van der Waals surface area contributed by atoms with Gasteiger partial charge in [0.1, 0.15) is 5.75 Å². The highest BCUT2D eigenvalue weighted by atomic mass is 16.6. The lowest BCUT2D eigenvalue weighted by Crippen LogP contribution is -2.06. The molecule has 0 spiro atoms. The molecule has 2 rings (SSSR count). The molecule has 0 aliphatic carbocycles. The first kappa shape index (κ1) is 12.9. The zero-order chi connectivity index (χ0) is 13.8. The Kier molecular flexibility index (Phi) is 3.65. The van der Waals surface area contributed by atoms with E-state index in [4.69, 9.17) is 4.74 Å². The molecule has 2 N–H and O–H groups in total. The van der Waals surface area contributed by atoms with Gasteiger partial charge >= 0.3 is 0 Å². The van der Waals surface area contributed by atoms with Crippen LogP contribution >= 0.6 is 0 Å². The van der Waals surface area contributed by atoms with Crippen LogP contribution in [0, 0.1) is 10.1 Å². The number of aromatic nitrogens is 2. The van der Waals surface area contributed by atoms with Gasteiger partial charge in [-0.1, -0.05) is 0 Å². The molecule has 0 saturated carbocycles. The van der Waals surface area contributed by atoms with E-state index in [2.05, 4.69) is 15.5 Å². The van der Waals surface area contributed by atoms with Crippen molar-refractivity contribution in [1.82, 2.24) is 10.2 Å². The van der Waals surface area contributed by atoms with Gasteiger partial charge in [-0.3, -0.25) is 15.2 Å². The topological polar surface area (TPSA) is 93.1 Å². The number of hydrogen-bond donors (Lipinski definition) is 2. The first-order chi connectivity index (χ1) is 9.10. The molecule has 0 amide bonds. The van der Waals surface area contributed by atoms with Crippen molar-refractivity contribution in [2.45, 2.75) is 13.0 Å². The smallest absolute Gasteiger partial charge is 0.275 e. The normalized spacial score (nSPS) is 11.9. The number of hydrogen-bond acceptors (Lipinski definition) is 5. The van der Waals surface area contributed by atoms with Crippen LogP contribution in [0.15, 0.2) is 30.6 Å². The van der Waals surface area contributed by atoms with Gasteiger partial charge < -0.3 is 10.1 Å². The van der Waals surface area contributed by atoms with Gasteiger partial charge in [0.15, 0.2) is 0 Å². The van der Waals surface area contributed by atoms with Crippen molar-refractivity contribution >= 4 is 11.4 Å². The molecule has 2 aromatic rings. The Hall–Kier alpha value is -2.57. The summed E-state index contributed by atoms with van der Waals surface area (Å²) in [5.74, 6) is 0.441. The molecule has 7 nitrogen and oxygen atoms in total. The number of nitrogens with one attached hydrogen (secondary N) is 2. The summed E-state index contributed by atoms with van der Waals surface area (Å²) in [5.41, 5.74) is 1.58. The summed E-state index contributed by atoms with van der Waals surface area (Å²) in [4.78, 5) is 10.4. The third-order valence-electron chi connectivity index (χ3n) is 2.74. The molecule has 1 atom stereocenters. The molecule has 1 aromatic carbocycles. The van der Waals surface area contributed by atoms with Crippen molar-refractivity contribution in [2.24, 2.45) is 0 Å². The number of non-ortho nitro benzene ring substituents is 1. The number of ether oxygens (including phenoxy) is 1. The number of anilines is 1. The highest BCUT2D eigenvalue weighted by molar-refractivity contribution is 5.57. The average Bonchev–Trinajstić information content (AvgIpc) is 2.92. The second-order valence-corrected chi connectivity index (χ2v) is 4.07. The first-order valence-corrected chi connectivity index (χ1v) is 5.69. The molecule has 1 heterocycles. The second-order valence-electron chi connectivity index (χ2n) is 4.07. The molecule has 100 valence electrons. The highest BCUT2D eigenvalue weighted by Crippen LogP contribution is 2.28. The molecule has 1 unspecified atom stereocenters. The third-order valence-corrected chi connectivity index (χ3v) is 2.74. The van der Waals surface area contributed by atoms with E-state index in [0.29, 0.717) is 11.4 Å². The lowest BCUT2D eigenvalue weighted by molar-refractivity contribution is -0.384. The van der Waals surface area contributed by atoms with Gasteiger partial charge in [0.05, 0.1) is 30.3 Å². The summed E-state index contributed by atoms with van der Waals surface area (Å²) < 4.78 is 5.05. The predicted octanol–water partition coefficient (Wildman–Crippen LogP) is 2.50. The summed E-state index contributed by atoms with van der Waals surface area (Å²) in [6, 6.07) is 4.54. The van der Waals surface area contributed by atoms with Gasteiger partial charge in [0, 0.05) is 29.6 Å². The Bertz CT molecular complexity index is 568. The van der Waals surface area contributed by atoms with Crippen molar-refractivity contribution in [3.63, 3.8) is 0 Å². The standard InChI is InChI=1S/C12H14N4O3/c1-8(9-6-13-14-7-9)15-10-3-11(16(17)18)5-12(4-10)19-2/h3-8,15H,1-2H3,(H,13,14). The lowest BCUT2D eigenvalue weighted by atomic mass is 10.1. The molecular weight excluding hydrogens is 248 g/mol. The Morgan fingerprint density at radius 2 is 2.26 bits per heavy atom. The molecule has 7 heteroatoms. The van der Waals surface area contributed by atoms with E-state index in [0.717, 1.165) is 5.56 Å². The Morgan fingerprint density at radius 3 is 2.84 bits per heavy atom. The number of H-pyrrole nitrogens is 1. The summed E-state index contributed by atoms with van der Waals surface area (Å²) in [6.07, 6.45) is 3.47. The summed E-state index contributed by atoms with van der Waals surface area (Å²) in [5, 5.41) is 20.6. The van der Waals surface area contributed by atoms with Crippen LogP contribution in [0.25, 0.3) is 0 Å². The maximum Gasteiger partial charge on any atom is 0.275 e. The van der Waals surface area contributed by atoms with Gasteiger partial charge in [-0.25, -0.2) is 0 Å². The van der Waals surface area contributed by atoms with E-state index in [1.807, 2.05) is 6.92 Å². The molecule has 0 fully saturated rings. The molecular formula is C12H14N4O3. The van der Waals surface area contributed by atoms with E-state index in [1.165, 1.54) is 19.2 Å². The number of nitro groups is 1. The van der Waals surface area contributed by atoms with E-state index >= 15 is 0 Å². The Labute approximate surface area is 109 Å². The zero-order valence-corrected chi connectivity index (χ0v) is 10.6. The highest BCUT2D eigenvalue weighted by Gasteiger charge is 2.12. The SMILES string of the molecule is COc1cc(NC(C)c2cn[nH]c2)cc([N+](=O)[O-])c1. The summed E-state index contributed by atoms with van der Waals surface area (Å²) >= 11 is 0. The number of benzene rings is 1. The van der Waals surface area contributed by atoms with Crippen LogP contribution in [0.5, 0.6) is 5.75 Å². The number of nitro benzene ring substituents is 1. The van der Waals surface area contributed by atoms with Crippen LogP contribution in [0.4, 0.5) is 11.4 Å². The van der Waals surface area contributed by atoms with Crippen LogP contribution in [-0.4, -0.2) is 22.2 Å². The molecule has 0 aliphatic rings. The second kappa shape index (κ2) is 5.38. The van der Waals surface area contributed by atoms with Crippen LogP contribution in [-0.2, 0) is 0 Å². The number of rotatable bonds is 5. The van der Waals surface area contributed by atoms with Crippen LogP contribution in [0.2, 0.25) is 0 Å². The minimum absolute atomic E-state index is 0.0127. The van der Waals surface area contributed by atoms with Gasteiger partial charge in [0.2, 0.25) is 0 Å². The van der Waals surface area contributed by atoms with E-state index in [-0.39, 0.29) is 11.7 Å². The predicted molar refractivity (Wildman–Crippen MR) is 70.3 cm³/mol. The van der Waals surface area contributed by atoms with Crippen molar-refractivity contribution in [2.75, 3.05) is 12.4 Å². The van der Waals surface area contributed by atoms with E-state index in [9.17, 15) is 10.1 Å². The molecule has 19 heavy (non-hydrogen) atoms. The van der Waals surface area contributed by atoms with Crippen molar-refractivity contribution in [3.8, 4) is 5.75 Å². The Morgan fingerprint density at radius 1 is 1.47 bits per heavy atom. The van der Waals surface area contributed by atoms with Crippen molar-refractivity contribution < 1.29 is 9.66 Å². The number of methoxy groups -OCH3 is 1. The molecule has 1 aromatic heterocycles. The maximum atomic E-state index is 10.8. The average molecular weight is 262 g/mol. The molecule has 0 saturated heterocycles. The minimum atomic E-state index is -0.448. The van der Waals surface area contributed by atoms with Gasteiger partial charge in [0.25, 0.3) is 5.69 Å². The van der Waals surface area contributed by atoms with E-state index < -0.39 is 4.92 Å². The zero-order valence-electron chi connectivity index (χ0n) is 10.6. The van der Waals surface area contributed by atoms with Gasteiger partial charge in [-0.05, 0) is 6.92 Å². The minimum Gasteiger partial charge on any atom is -0.496 e. The fourth-order valence-corrected chi connectivity index (χ4v) is 1.72. The van der Waals surface area contributed by atoms with Crippen LogP contribution in [0.1, 0.15) is 18.5 Å². The first-order valence-electron chi connectivity index (χ1n) is 5.69. The van der Waals surface area contributed by atoms with Crippen molar-refractivity contribution in [1.29, 1.82) is 0 Å². The molecule has 0 aliphatic heterocycles. The maximum absolute atomic E-state index is 10.8.